The highest BCUT2D eigenvalue weighted by Crippen LogP contribution is 2.25. The van der Waals surface area contributed by atoms with Gasteiger partial charge in [-0.05, 0) is 24.5 Å². The lowest BCUT2D eigenvalue weighted by atomic mass is 10.1. The molecule has 0 aliphatic heterocycles. The molecule has 0 bridgehead atoms. The number of nitrogens with zero attached hydrogens (tertiary/aromatic N) is 2. The Morgan fingerprint density at radius 1 is 1.16 bits per heavy atom. The first-order valence-electron chi connectivity index (χ1n) is 6.62. The minimum atomic E-state index is 0.447. The predicted octanol–water partition coefficient (Wildman–Crippen LogP) is 3.37. The second-order valence-electron chi connectivity index (χ2n) is 4.36. The molecule has 0 aliphatic rings. The van der Waals surface area contributed by atoms with Crippen molar-refractivity contribution in [1.29, 1.82) is 0 Å². The Bertz CT molecular complexity index is 555. The zero-order valence-electron chi connectivity index (χ0n) is 11.4. The van der Waals surface area contributed by atoms with E-state index in [2.05, 4.69) is 23.8 Å². The van der Waals surface area contributed by atoms with Gasteiger partial charge in [0, 0.05) is 12.5 Å². The van der Waals surface area contributed by atoms with Gasteiger partial charge >= 0.3 is 0 Å². The monoisotopic (exact) mass is 257 g/mol. The number of ether oxygens (including phenoxy) is 1. The molecule has 100 valence electrons. The Labute approximate surface area is 113 Å². The van der Waals surface area contributed by atoms with Crippen LogP contribution in [0.3, 0.4) is 0 Å². The van der Waals surface area contributed by atoms with Crippen molar-refractivity contribution in [3.63, 3.8) is 0 Å². The van der Waals surface area contributed by atoms with E-state index in [9.17, 15) is 0 Å². The fourth-order valence-electron chi connectivity index (χ4n) is 1.89. The topological polar surface area (TPSA) is 61.0 Å². The van der Waals surface area contributed by atoms with E-state index >= 15 is 0 Å². The maximum absolute atomic E-state index is 5.84. The summed E-state index contributed by atoms with van der Waals surface area (Å²) in [6.45, 7) is 4.18. The average molecular weight is 257 g/mol. The predicted molar refractivity (Wildman–Crippen MR) is 76.3 cm³/mol. The number of rotatable bonds is 5. The summed E-state index contributed by atoms with van der Waals surface area (Å²) in [6.07, 6.45) is 2.70. The molecular weight excluding hydrogens is 238 g/mol. The first-order valence-corrected chi connectivity index (χ1v) is 6.62. The Morgan fingerprint density at radius 3 is 2.68 bits per heavy atom. The second kappa shape index (κ2) is 6.18. The molecule has 0 spiro atoms. The third kappa shape index (κ3) is 3.44. The summed E-state index contributed by atoms with van der Waals surface area (Å²) in [5.74, 6) is 2.51. The van der Waals surface area contributed by atoms with Crippen molar-refractivity contribution in [1.82, 2.24) is 9.97 Å². The summed E-state index contributed by atoms with van der Waals surface area (Å²) in [7, 11) is 0. The van der Waals surface area contributed by atoms with Crippen LogP contribution in [0.4, 0.5) is 5.82 Å². The molecule has 2 aromatic rings. The van der Waals surface area contributed by atoms with Crippen LogP contribution in [0.15, 0.2) is 30.3 Å². The molecule has 4 heteroatoms. The van der Waals surface area contributed by atoms with E-state index in [4.69, 9.17) is 10.5 Å². The molecular formula is C15H19N3O. The Balaban J connectivity index is 2.27. The largest absolute Gasteiger partial charge is 0.439 e. The molecule has 0 fully saturated rings. The Hall–Kier alpha value is -2.10. The minimum Gasteiger partial charge on any atom is -0.439 e. The highest BCUT2D eigenvalue weighted by atomic mass is 16.5. The van der Waals surface area contributed by atoms with Gasteiger partial charge in [-0.15, -0.1) is 0 Å². The fraction of sp³-hybridized carbons (Fsp3) is 0.333. The first kappa shape index (κ1) is 13.3. The summed E-state index contributed by atoms with van der Waals surface area (Å²) >= 11 is 0. The summed E-state index contributed by atoms with van der Waals surface area (Å²) in [5.41, 5.74) is 6.93. The van der Waals surface area contributed by atoms with E-state index in [0.29, 0.717) is 11.7 Å². The van der Waals surface area contributed by atoms with E-state index in [-0.39, 0.29) is 0 Å². The summed E-state index contributed by atoms with van der Waals surface area (Å²) < 4.78 is 5.84. The fourth-order valence-corrected chi connectivity index (χ4v) is 1.89. The molecule has 4 nitrogen and oxygen atoms in total. The summed E-state index contributed by atoms with van der Waals surface area (Å²) in [6, 6.07) is 9.60. The lowest BCUT2D eigenvalue weighted by molar-refractivity contribution is 0.453. The van der Waals surface area contributed by atoms with Gasteiger partial charge in [0.05, 0.1) is 0 Å². The SMILES string of the molecule is CCCc1nc(N)cc(Oc2ccccc2CC)n1. The Morgan fingerprint density at radius 2 is 1.95 bits per heavy atom. The summed E-state index contributed by atoms with van der Waals surface area (Å²) in [5, 5.41) is 0. The normalized spacial score (nSPS) is 10.4. The molecule has 0 saturated carbocycles. The van der Waals surface area contributed by atoms with Crippen LogP contribution in [0, 0.1) is 0 Å². The van der Waals surface area contributed by atoms with Crippen LogP contribution in [-0.2, 0) is 12.8 Å². The van der Waals surface area contributed by atoms with Crippen LogP contribution in [0.5, 0.6) is 11.6 Å². The van der Waals surface area contributed by atoms with Crippen LogP contribution in [0.1, 0.15) is 31.7 Å². The van der Waals surface area contributed by atoms with E-state index < -0.39 is 0 Å². The van der Waals surface area contributed by atoms with Crippen molar-refractivity contribution < 1.29 is 4.74 Å². The third-order valence-corrected chi connectivity index (χ3v) is 2.81. The molecule has 1 aromatic carbocycles. The number of anilines is 1. The van der Waals surface area contributed by atoms with Crippen molar-refractivity contribution in [3.05, 3.63) is 41.7 Å². The molecule has 0 aliphatic carbocycles. The number of benzene rings is 1. The molecule has 2 rings (SSSR count). The van der Waals surface area contributed by atoms with Crippen molar-refractivity contribution in [2.24, 2.45) is 0 Å². The molecule has 0 amide bonds. The Kier molecular flexibility index (Phi) is 4.34. The highest BCUT2D eigenvalue weighted by molar-refractivity contribution is 5.39. The van der Waals surface area contributed by atoms with Crippen LogP contribution in [0.25, 0.3) is 0 Å². The van der Waals surface area contributed by atoms with E-state index in [1.807, 2.05) is 24.3 Å². The van der Waals surface area contributed by atoms with Crippen molar-refractivity contribution in [3.8, 4) is 11.6 Å². The van der Waals surface area contributed by atoms with Gasteiger partial charge in [-0.1, -0.05) is 32.0 Å². The number of nitrogens with two attached hydrogens (primary N) is 1. The average Bonchev–Trinajstić information content (AvgIpc) is 2.39. The van der Waals surface area contributed by atoms with Gasteiger partial charge in [0.15, 0.2) is 0 Å². The smallest absolute Gasteiger partial charge is 0.224 e. The lowest BCUT2D eigenvalue weighted by Crippen LogP contribution is -2.02. The van der Waals surface area contributed by atoms with Gasteiger partial charge in [0.25, 0.3) is 0 Å². The van der Waals surface area contributed by atoms with Gasteiger partial charge < -0.3 is 10.5 Å². The molecule has 1 aromatic heterocycles. The van der Waals surface area contributed by atoms with Crippen molar-refractivity contribution >= 4 is 5.82 Å². The zero-order valence-corrected chi connectivity index (χ0v) is 11.4. The van der Waals surface area contributed by atoms with Crippen molar-refractivity contribution in [2.45, 2.75) is 33.1 Å². The van der Waals surface area contributed by atoms with Crippen LogP contribution in [0.2, 0.25) is 0 Å². The molecule has 1 heterocycles. The molecule has 0 saturated heterocycles. The van der Waals surface area contributed by atoms with Gasteiger partial charge in [-0.2, -0.15) is 4.98 Å². The van der Waals surface area contributed by atoms with Crippen molar-refractivity contribution in [2.75, 3.05) is 5.73 Å². The van der Waals surface area contributed by atoms with Gasteiger partial charge in [-0.3, -0.25) is 0 Å². The van der Waals surface area contributed by atoms with Crippen LogP contribution >= 0.6 is 0 Å². The number of nitrogen functional groups attached to an aromatic ring is 1. The van der Waals surface area contributed by atoms with Crippen LogP contribution in [-0.4, -0.2) is 9.97 Å². The molecule has 0 radical (unpaired) electrons. The molecule has 2 N–H and O–H groups in total. The lowest BCUT2D eigenvalue weighted by Gasteiger charge is -2.10. The first-order chi connectivity index (χ1) is 9.22. The van der Waals surface area contributed by atoms with Gasteiger partial charge in [0.1, 0.15) is 17.4 Å². The number of para-hydroxylation sites is 1. The maximum atomic E-state index is 5.84. The van der Waals surface area contributed by atoms with E-state index in [0.717, 1.165) is 36.4 Å². The van der Waals surface area contributed by atoms with E-state index in [1.54, 1.807) is 6.07 Å². The third-order valence-electron chi connectivity index (χ3n) is 2.81. The zero-order chi connectivity index (χ0) is 13.7. The standard InChI is InChI=1S/C15H19N3O/c1-3-7-14-17-13(16)10-15(18-14)19-12-9-6-5-8-11(12)4-2/h5-6,8-10H,3-4,7H2,1-2H3,(H2,16,17,18). The molecule has 0 unspecified atom stereocenters. The quantitative estimate of drug-likeness (QED) is 0.892. The van der Waals surface area contributed by atoms with Gasteiger partial charge in [-0.25, -0.2) is 4.98 Å². The molecule has 19 heavy (non-hydrogen) atoms. The number of aromatic nitrogens is 2. The maximum Gasteiger partial charge on any atom is 0.224 e. The summed E-state index contributed by atoms with van der Waals surface area (Å²) in [4.78, 5) is 8.58. The van der Waals surface area contributed by atoms with E-state index in [1.165, 1.54) is 0 Å². The number of hydrogen-bond acceptors (Lipinski definition) is 4. The highest BCUT2D eigenvalue weighted by Gasteiger charge is 2.07. The number of hydrogen-bond donors (Lipinski definition) is 1. The van der Waals surface area contributed by atoms with Crippen LogP contribution < -0.4 is 10.5 Å². The van der Waals surface area contributed by atoms with Gasteiger partial charge in [0.2, 0.25) is 5.88 Å². The number of aryl methyl sites for hydroxylation is 2. The second-order valence-corrected chi connectivity index (χ2v) is 4.36. The minimum absolute atomic E-state index is 0.447. The molecule has 0 atom stereocenters.